The van der Waals surface area contributed by atoms with Crippen LogP contribution in [-0.4, -0.2) is 18.3 Å². The molecular formula is C19H15N3O4S. The smallest absolute Gasteiger partial charge is 0.261 e. The summed E-state index contributed by atoms with van der Waals surface area (Å²) >= 11 is 5.40. The van der Waals surface area contributed by atoms with Crippen molar-refractivity contribution < 1.29 is 4.74 Å². The second-order valence-corrected chi connectivity index (χ2v) is 6.67. The molecule has 136 valence electrons. The summed E-state index contributed by atoms with van der Waals surface area (Å²) in [5.74, 6) is 0. The highest BCUT2D eigenvalue weighted by atomic mass is 32.1. The Bertz CT molecular complexity index is 1360. The average molecular weight is 381 g/mol. The van der Waals surface area contributed by atoms with Gasteiger partial charge in [-0.3, -0.25) is 19.0 Å². The number of nitrogen functional groups attached to an aromatic ring is 2. The topological polar surface area (TPSA) is 117 Å². The van der Waals surface area contributed by atoms with Gasteiger partial charge in [0.25, 0.3) is 5.56 Å². The molecule has 3 aromatic carbocycles. The van der Waals surface area contributed by atoms with Crippen LogP contribution in [0.5, 0.6) is 0 Å². The Hall–Kier alpha value is -3.10. The minimum absolute atomic E-state index is 0.0127. The number of hydrogen-bond acceptors (Lipinski definition) is 7. The van der Waals surface area contributed by atoms with E-state index in [2.05, 4.69) is 0 Å². The van der Waals surface area contributed by atoms with E-state index in [9.17, 15) is 14.4 Å². The molecule has 0 radical (unpaired) electrons. The first-order chi connectivity index (χ1) is 12.9. The van der Waals surface area contributed by atoms with Gasteiger partial charge in [-0.05, 0) is 0 Å². The van der Waals surface area contributed by atoms with Crippen LogP contribution in [0, 0.1) is 4.64 Å². The van der Waals surface area contributed by atoms with Gasteiger partial charge < -0.3 is 16.2 Å². The summed E-state index contributed by atoms with van der Waals surface area (Å²) in [6.07, 6.45) is 0. The Kier molecular flexibility index (Phi) is 3.83. The van der Waals surface area contributed by atoms with Gasteiger partial charge in [0.05, 0.1) is 40.7 Å². The maximum Gasteiger partial charge on any atom is 0.261 e. The number of ether oxygens (including phenoxy) is 1. The average Bonchev–Trinajstić information content (AvgIpc) is 2.91. The Labute approximate surface area is 157 Å². The molecule has 0 aliphatic carbocycles. The zero-order chi connectivity index (χ0) is 19.5. The largest absolute Gasteiger partial charge is 0.398 e. The molecule has 0 fully saturated rings. The molecule has 7 nitrogen and oxygen atoms in total. The van der Waals surface area contributed by atoms with E-state index in [4.69, 9.17) is 28.4 Å². The van der Waals surface area contributed by atoms with Crippen molar-refractivity contribution in [1.82, 2.24) is 4.57 Å². The second kappa shape index (κ2) is 5.97. The van der Waals surface area contributed by atoms with Gasteiger partial charge in [-0.1, -0.05) is 36.5 Å². The fourth-order valence-electron chi connectivity index (χ4n) is 3.60. The van der Waals surface area contributed by atoms with E-state index in [1.807, 2.05) is 0 Å². The lowest BCUT2D eigenvalue weighted by molar-refractivity contribution is 0.186. The Morgan fingerprint density at radius 2 is 1.44 bits per heavy atom. The van der Waals surface area contributed by atoms with Gasteiger partial charge in [0.2, 0.25) is 0 Å². The van der Waals surface area contributed by atoms with Crippen molar-refractivity contribution in [2.45, 2.75) is 6.54 Å². The molecule has 0 saturated heterocycles. The maximum atomic E-state index is 13.0. The molecule has 0 bridgehead atoms. The van der Waals surface area contributed by atoms with Crippen LogP contribution in [0.15, 0.2) is 38.6 Å². The van der Waals surface area contributed by atoms with E-state index in [-0.39, 0.29) is 61.5 Å². The molecule has 0 aliphatic rings. The normalized spacial score (nSPS) is 11.7. The van der Waals surface area contributed by atoms with E-state index in [0.717, 1.165) is 0 Å². The van der Waals surface area contributed by atoms with E-state index in [1.165, 1.54) is 11.7 Å². The predicted octanol–water partition coefficient (Wildman–Crippen LogP) is 1.44. The van der Waals surface area contributed by atoms with Crippen LogP contribution in [0.3, 0.4) is 0 Å². The first-order valence-corrected chi connectivity index (χ1v) is 8.59. The van der Waals surface area contributed by atoms with Crippen LogP contribution in [0.1, 0.15) is 0 Å². The first kappa shape index (κ1) is 17.3. The summed E-state index contributed by atoms with van der Waals surface area (Å²) in [5, 5.41) is 0.798. The fraction of sp³-hybridized carbons (Fsp3) is 0.158. The van der Waals surface area contributed by atoms with Crippen LogP contribution >= 0.6 is 12.2 Å². The minimum atomic E-state index is -0.446. The number of rotatable bonds is 3. The maximum absolute atomic E-state index is 13.0. The monoisotopic (exact) mass is 381 g/mol. The summed E-state index contributed by atoms with van der Waals surface area (Å²) in [6.45, 7) is 0.483. The number of nitrogens with two attached hydrogens (primary N) is 2. The third-order valence-corrected chi connectivity index (χ3v) is 5.31. The van der Waals surface area contributed by atoms with E-state index in [0.29, 0.717) is 0 Å². The highest BCUT2D eigenvalue weighted by molar-refractivity contribution is 7.71. The molecule has 4 aromatic rings. The van der Waals surface area contributed by atoms with Gasteiger partial charge in [-0.2, -0.15) is 0 Å². The lowest BCUT2D eigenvalue weighted by atomic mass is 9.97. The Morgan fingerprint density at radius 1 is 0.926 bits per heavy atom. The van der Waals surface area contributed by atoms with Gasteiger partial charge in [0, 0.05) is 23.3 Å². The van der Waals surface area contributed by atoms with Crippen molar-refractivity contribution in [3.05, 3.63) is 59.7 Å². The third kappa shape index (κ3) is 2.17. The summed E-state index contributed by atoms with van der Waals surface area (Å²) in [5.41, 5.74) is 11.1. The van der Waals surface area contributed by atoms with Crippen LogP contribution in [0.25, 0.3) is 32.3 Å². The van der Waals surface area contributed by atoms with E-state index < -0.39 is 16.4 Å². The number of anilines is 2. The van der Waals surface area contributed by atoms with Crippen LogP contribution in [-0.2, 0) is 11.3 Å². The van der Waals surface area contributed by atoms with Crippen LogP contribution < -0.4 is 27.9 Å². The fourth-order valence-corrected chi connectivity index (χ4v) is 3.99. The molecule has 0 aliphatic heterocycles. The van der Waals surface area contributed by atoms with Gasteiger partial charge in [-0.15, -0.1) is 0 Å². The molecule has 0 spiro atoms. The van der Waals surface area contributed by atoms with Gasteiger partial charge in [0.15, 0.2) is 10.9 Å². The van der Waals surface area contributed by atoms with Gasteiger partial charge in [0.1, 0.15) is 4.64 Å². The van der Waals surface area contributed by atoms with E-state index >= 15 is 0 Å². The molecule has 27 heavy (non-hydrogen) atoms. The molecule has 4 rings (SSSR count). The Balaban J connectivity index is 2.35. The highest BCUT2D eigenvalue weighted by Gasteiger charge is 2.23. The third-order valence-electron chi connectivity index (χ3n) is 4.88. The number of hydrogen-bond donors (Lipinski definition) is 2. The summed E-state index contributed by atoms with van der Waals surface area (Å²) in [7, 11) is 1.51. The minimum Gasteiger partial charge on any atom is -0.398 e. The molecule has 0 amide bonds. The van der Waals surface area contributed by atoms with Crippen molar-refractivity contribution in [3.63, 3.8) is 0 Å². The Morgan fingerprint density at radius 3 is 1.96 bits per heavy atom. The van der Waals surface area contributed by atoms with Crippen LogP contribution in [0.4, 0.5) is 11.4 Å². The number of methoxy groups -OCH3 is 1. The number of fused-ring (bicyclic) bond motifs is 3. The second-order valence-electron chi connectivity index (χ2n) is 6.29. The van der Waals surface area contributed by atoms with Crippen molar-refractivity contribution >= 4 is 55.9 Å². The summed E-state index contributed by atoms with van der Waals surface area (Å²) in [4.78, 5) is 38.9. The molecule has 4 N–H and O–H groups in total. The van der Waals surface area contributed by atoms with Crippen LogP contribution in [0.2, 0.25) is 0 Å². The molecule has 1 aromatic heterocycles. The number of aromatic nitrogens is 1. The van der Waals surface area contributed by atoms with E-state index in [1.54, 1.807) is 24.3 Å². The van der Waals surface area contributed by atoms with Crippen molar-refractivity contribution in [2.75, 3.05) is 25.2 Å². The number of benzene rings is 3. The summed E-state index contributed by atoms with van der Waals surface area (Å²) in [6, 6.07) is 6.45. The lowest BCUT2D eigenvalue weighted by Crippen LogP contribution is -2.19. The molecular weight excluding hydrogens is 366 g/mol. The van der Waals surface area contributed by atoms with Crippen molar-refractivity contribution in [2.24, 2.45) is 0 Å². The first-order valence-electron chi connectivity index (χ1n) is 8.18. The summed E-state index contributed by atoms with van der Waals surface area (Å²) < 4.78 is 6.51. The zero-order valence-corrected chi connectivity index (χ0v) is 15.2. The van der Waals surface area contributed by atoms with Crippen molar-refractivity contribution in [3.8, 4) is 0 Å². The zero-order valence-electron chi connectivity index (χ0n) is 14.4. The predicted molar refractivity (Wildman–Crippen MR) is 110 cm³/mol. The van der Waals surface area contributed by atoms with Crippen molar-refractivity contribution in [1.29, 1.82) is 0 Å². The molecule has 8 heteroatoms. The molecule has 0 atom stereocenters. The molecule has 1 heterocycles. The SMILES string of the molecule is COCCn1c(=O)c2c(N)c3c(=O)c4ccccc4c(=O)c3c(N)c2c1=S. The molecule has 0 unspecified atom stereocenters. The quantitative estimate of drug-likeness (QED) is 0.239. The lowest BCUT2D eigenvalue weighted by Gasteiger charge is -2.08. The molecule has 0 saturated carbocycles. The number of nitrogens with zero attached hydrogens (tertiary/aromatic N) is 1. The highest BCUT2D eigenvalue weighted by Crippen LogP contribution is 2.34. The van der Waals surface area contributed by atoms with Gasteiger partial charge >= 0.3 is 0 Å². The van der Waals surface area contributed by atoms with Gasteiger partial charge in [-0.25, -0.2) is 0 Å². The standard InChI is InChI=1S/C19H15N3O4S/c1-26-7-6-22-18(25)12-13(19(22)27)15(21)11-10(14(12)20)16(23)8-4-2-3-5-9(8)17(11)24/h2-5H,6-7,20-21H2,1H3.